The van der Waals surface area contributed by atoms with E-state index in [1.54, 1.807) is 25.1 Å². The van der Waals surface area contributed by atoms with Crippen LogP contribution in [0.25, 0.3) is 0 Å². The number of aryl methyl sites for hydroxylation is 2. The molecule has 2 N–H and O–H groups in total. The molecule has 30 heavy (non-hydrogen) atoms. The minimum atomic E-state index is -0.231. The molecule has 0 saturated heterocycles. The Balaban J connectivity index is 1.49. The predicted octanol–water partition coefficient (Wildman–Crippen LogP) is 4.12. The number of nitrogens with one attached hydrogen (secondary N) is 2. The minimum Gasteiger partial charge on any atom is -0.349 e. The van der Waals surface area contributed by atoms with Gasteiger partial charge in [-0.25, -0.2) is 0 Å². The molecule has 1 aliphatic carbocycles. The number of carbonyl (C=O) groups is 2. The lowest BCUT2D eigenvalue weighted by Gasteiger charge is -2.13. The zero-order valence-electron chi connectivity index (χ0n) is 16.8. The molecule has 1 aromatic heterocycles. The Morgan fingerprint density at radius 2 is 1.93 bits per heavy atom. The topological polar surface area (TPSA) is 97.1 Å². The molecule has 1 fully saturated rings. The molecular weight excluding hydrogens is 400 g/mol. The molecule has 0 atom stereocenters. The van der Waals surface area contributed by atoms with Gasteiger partial charge < -0.3 is 15.2 Å². The van der Waals surface area contributed by atoms with Crippen LogP contribution in [0, 0.1) is 13.8 Å². The van der Waals surface area contributed by atoms with E-state index in [1.807, 2.05) is 31.2 Å². The molecule has 154 valence electrons. The first-order valence-electron chi connectivity index (χ1n) is 9.73. The van der Waals surface area contributed by atoms with Gasteiger partial charge in [0, 0.05) is 29.1 Å². The van der Waals surface area contributed by atoms with Crippen LogP contribution < -0.4 is 10.6 Å². The molecule has 8 heteroatoms. The first kappa shape index (κ1) is 20.2. The molecule has 1 saturated carbocycles. The standard InChI is InChI=1S/C22H22N4O3S/c1-13-7-8-15(21(27)24-16-9-10-16)11-18(13)25-22(28)17-5-3-4-6-19(17)30-12-20-23-14(2)29-26-20/h3-8,11,16H,9-10,12H2,1-2H3,(H,24,27)(H,25,28). The van der Waals surface area contributed by atoms with Crippen molar-refractivity contribution >= 4 is 29.3 Å². The highest BCUT2D eigenvalue weighted by atomic mass is 32.2. The average Bonchev–Trinajstić information content (AvgIpc) is 3.46. The van der Waals surface area contributed by atoms with Crippen molar-refractivity contribution in [3.05, 3.63) is 70.9 Å². The van der Waals surface area contributed by atoms with E-state index in [0.29, 0.717) is 34.3 Å². The maximum absolute atomic E-state index is 13.0. The third-order valence-corrected chi connectivity index (χ3v) is 5.79. The van der Waals surface area contributed by atoms with Gasteiger partial charge >= 0.3 is 0 Å². The van der Waals surface area contributed by atoms with Crippen LogP contribution in [-0.2, 0) is 5.75 Å². The summed E-state index contributed by atoms with van der Waals surface area (Å²) in [6.07, 6.45) is 2.05. The number of amides is 2. The molecule has 1 aliphatic rings. The number of hydrogen-bond acceptors (Lipinski definition) is 6. The summed E-state index contributed by atoms with van der Waals surface area (Å²) < 4.78 is 4.99. The fraction of sp³-hybridized carbons (Fsp3) is 0.273. The van der Waals surface area contributed by atoms with Crippen molar-refractivity contribution in [2.24, 2.45) is 0 Å². The molecule has 0 spiro atoms. The van der Waals surface area contributed by atoms with Crippen LogP contribution in [0.15, 0.2) is 51.9 Å². The number of nitrogens with zero attached hydrogens (tertiary/aromatic N) is 2. The largest absolute Gasteiger partial charge is 0.349 e. The second-order valence-corrected chi connectivity index (χ2v) is 8.26. The molecule has 4 rings (SSSR count). The van der Waals surface area contributed by atoms with E-state index < -0.39 is 0 Å². The third-order valence-electron chi connectivity index (χ3n) is 4.72. The summed E-state index contributed by atoms with van der Waals surface area (Å²) in [5, 5.41) is 9.81. The normalized spacial score (nSPS) is 13.1. The summed E-state index contributed by atoms with van der Waals surface area (Å²) in [5.74, 6) is 1.25. The molecule has 0 bridgehead atoms. The van der Waals surface area contributed by atoms with Crippen molar-refractivity contribution in [3.63, 3.8) is 0 Å². The number of rotatable bonds is 7. The summed E-state index contributed by atoms with van der Waals surface area (Å²) in [6, 6.07) is 13.0. The summed E-state index contributed by atoms with van der Waals surface area (Å²) in [7, 11) is 0. The van der Waals surface area contributed by atoms with Crippen LogP contribution in [-0.4, -0.2) is 28.0 Å². The van der Waals surface area contributed by atoms with Crippen LogP contribution in [0.1, 0.15) is 50.8 Å². The van der Waals surface area contributed by atoms with Gasteiger partial charge in [-0.05, 0) is 49.6 Å². The van der Waals surface area contributed by atoms with Gasteiger partial charge in [0.15, 0.2) is 5.82 Å². The Labute approximate surface area is 178 Å². The van der Waals surface area contributed by atoms with Crippen molar-refractivity contribution < 1.29 is 14.1 Å². The highest BCUT2D eigenvalue weighted by molar-refractivity contribution is 7.98. The molecular formula is C22H22N4O3S. The quantitative estimate of drug-likeness (QED) is 0.556. The lowest BCUT2D eigenvalue weighted by molar-refractivity contribution is 0.0949. The van der Waals surface area contributed by atoms with Gasteiger partial charge in [0.2, 0.25) is 5.89 Å². The second kappa shape index (κ2) is 8.71. The number of hydrogen-bond donors (Lipinski definition) is 2. The van der Waals surface area contributed by atoms with Crippen LogP contribution in [0.3, 0.4) is 0 Å². The van der Waals surface area contributed by atoms with Gasteiger partial charge in [0.25, 0.3) is 11.8 Å². The van der Waals surface area contributed by atoms with Gasteiger partial charge in [-0.1, -0.05) is 23.4 Å². The summed E-state index contributed by atoms with van der Waals surface area (Å²) in [5.41, 5.74) is 2.60. The van der Waals surface area contributed by atoms with Crippen LogP contribution in [0.5, 0.6) is 0 Å². The highest BCUT2D eigenvalue weighted by Gasteiger charge is 2.24. The summed E-state index contributed by atoms with van der Waals surface area (Å²) >= 11 is 1.47. The number of benzene rings is 2. The SMILES string of the molecule is Cc1nc(CSc2ccccc2C(=O)Nc2cc(C(=O)NC3CC3)ccc2C)no1. The average molecular weight is 423 g/mol. The highest BCUT2D eigenvalue weighted by Crippen LogP contribution is 2.27. The molecule has 0 unspecified atom stereocenters. The van der Waals surface area contributed by atoms with Gasteiger partial charge in [-0.2, -0.15) is 4.98 Å². The minimum absolute atomic E-state index is 0.112. The Morgan fingerprint density at radius 1 is 1.13 bits per heavy atom. The van der Waals surface area contributed by atoms with Gasteiger partial charge in [0.05, 0.1) is 11.3 Å². The first-order chi connectivity index (χ1) is 14.5. The van der Waals surface area contributed by atoms with Crippen molar-refractivity contribution in [2.75, 3.05) is 5.32 Å². The van der Waals surface area contributed by atoms with Crippen LogP contribution in [0.2, 0.25) is 0 Å². The predicted molar refractivity (Wildman–Crippen MR) is 115 cm³/mol. The zero-order valence-corrected chi connectivity index (χ0v) is 17.6. The van der Waals surface area contributed by atoms with E-state index in [9.17, 15) is 9.59 Å². The van der Waals surface area contributed by atoms with Crippen LogP contribution in [0.4, 0.5) is 5.69 Å². The fourth-order valence-electron chi connectivity index (χ4n) is 2.91. The van der Waals surface area contributed by atoms with Crippen molar-refractivity contribution in [1.29, 1.82) is 0 Å². The smallest absolute Gasteiger partial charge is 0.256 e. The number of anilines is 1. The lowest BCUT2D eigenvalue weighted by atomic mass is 10.1. The molecule has 2 aromatic carbocycles. The monoisotopic (exact) mass is 422 g/mol. The Kier molecular flexibility index (Phi) is 5.85. The summed E-state index contributed by atoms with van der Waals surface area (Å²) in [6.45, 7) is 3.64. The van der Waals surface area contributed by atoms with E-state index in [-0.39, 0.29) is 17.9 Å². The van der Waals surface area contributed by atoms with E-state index >= 15 is 0 Å². The maximum atomic E-state index is 13.0. The van der Waals surface area contributed by atoms with Crippen LogP contribution >= 0.6 is 11.8 Å². The van der Waals surface area contributed by atoms with Gasteiger partial charge in [0.1, 0.15) is 0 Å². The molecule has 2 amide bonds. The maximum Gasteiger partial charge on any atom is 0.256 e. The second-order valence-electron chi connectivity index (χ2n) is 7.25. The Hall–Kier alpha value is -3.13. The van der Waals surface area contributed by atoms with Gasteiger partial charge in [-0.3, -0.25) is 9.59 Å². The third kappa shape index (κ3) is 4.88. The number of carbonyl (C=O) groups excluding carboxylic acids is 2. The molecule has 0 aliphatic heterocycles. The fourth-order valence-corrected chi connectivity index (χ4v) is 3.80. The number of thioether (sulfide) groups is 1. The van der Waals surface area contributed by atoms with Crippen molar-refractivity contribution in [3.8, 4) is 0 Å². The molecule has 0 radical (unpaired) electrons. The summed E-state index contributed by atoms with van der Waals surface area (Å²) in [4.78, 5) is 30.4. The Bertz CT molecular complexity index is 1090. The van der Waals surface area contributed by atoms with E-state index in [0.717, 1.165) is 23.3 Å². The first-order valence-corrected chi connectivity index (χ1v) is 10.7. The molecule has 1 heterocycles. The van der Waals surface area contributed by atoms with E-state index in [1.165, 1.54) is 11.8 Å². The molecule has 3 aromatic rings. The molecule has 7 nitrogen and oxygen atoms in total. The van der Waals surface area contributed by atoms with Gasteiger partial charge in [-0.15, -0.1) is 11.8 Å². The van der Waals surface area contributed by atoms with E-state index in [4.69, 9.17) is 4.52 Å². The van der Waals surface area contributed by atoms with E-state index in [2.05, 4.69) is 20.8 Å². The Morgan fingerprint density at radius 3 is 2.67 bits per heavy atom. The van der Waals surface area contributed by atoms with Crippen molar-refractivity contribution in [1.82, 2.24) is 15.5 Å². The lowest BCUT2D eigenvalue weighted by Crippen LogP contribution is -2.25. The van der Waals surface area contributed by atoms with Crippen molar-refractivity contribution in [2.45, 2.75) is 43.4 Å². The number of aromatic nitrogens is 2. The zero-order chi connectivity index (χ0) is 21.1.